The Morgan fingerprint density at radius 3 is 1.35 bits per heavy atom. The predicted octanol–water partition coefficient (Wildman–Crippen LogP) is 0.354. The van der Waals surface area contributed by atoms with Gasteiger partial charge in [-0.2, -0.15) is 0 Å². The van der Waals surface area contributed by atoms with Crippen LogP contribution >= 0.6 is 0 Å². The van der Waals surface area contributed by atoms with Crippen LogP contribution in [-0.4, -0.2) is 82.6 Å². The lowest BCUT2D eigenvalue weighted by atomic mass is 10.6. The first-order valence-corrected chi connectivity index (χ1v) is 7.36. The molecule has 0 aliphatic rings. The molecule has 17 heavy (non-hydrogen) atoms. The van der Waals surface area contributed by atoms with Gasteiger partial charge >= 0.3 is 0 Å². The van der Waals surface area contributed by atoms with Gasteiger partial charge in [0.15, 0.2) is 13.3 Å². The van der Waals surface area contributed by atoms with E-state index < -0.39 is 10.0 Å². The highest BCUT2D eigenvalue weighted by Gasteiger charge is 2.33. The first-order chi connectivity index (χ1) is 7.26. The second-order valence-corrected chi connectivity index (χ2v) is 9.40. The van der Waals surface area contributed by atoms with E-state index in [9.17, 15) is 8.42 Å². The molecule has 5 nitrogen and oxygen atoms in total. The van der Waals surface area contributed by atoms with E-state index in [1.807, 2.05) is 42.3 Å². The molecule has 0 aliphatic carbocycles. The van der Waals surface area contributed by atoms with Crippen molar-refractivity contribution in [2.45, 2.75) is 19.1 Å². The molecule has 0 unspecified atom stereocenters. The highest BCUT2D eigenvalue weighted by Crippen LogP contribution is 2.12. The highest BCUT2D eigenvalue weighted by atomic mass is 32.2. The first-order valence-electron chi connectivity index (χ1n) is 5.85. The van der Waals surface area contributed by atoms with Gasteiger partial charge in [0.05, 0.1) is 47.5 Å². The Morgan fingerprint density at radius 1 is 0.882 bits per heavy atom. The molecule has 0 radical (unpaired) electrons. The normalized spacial score (nSPS) is 14.7. The molecule has 0 heterocycles. The summed E-state index contributed by atoms with van der Waals surface area (Å²) in [5.41, 5.74) is 0. The molecule has 0 spiro atoms. The average Bonchev–Trinajstić information content (AvgIpc) is 1.96. The molecule has 0 fully saturated rings. The lowest BCUT2D eigenvalue weighted by Gasteiger charge is -2.36. The molecule has 0 amide bonds. The Labute approximate surface area is 107 Å². The van der Waals surface area contributed by atoms with E-state index in [-0.39, 0.29) is 5.25 Å². The Morgan fingerprint density at radius 2 is 1.18 bits per heavy atom. The summed E-state index contributed by atoms with van der Waals surface area (Å²) in [6, 6.07) is 0. The van der Waals surface area contributed by atoms with Crippen molar-refractivity contribution in [3.05, 3.63) is 0 Å². The first kappa shape index (κ1) is 16.8. The summed E-state index contributed by atoms with van der Waals surface area (Å²) in [7, 11) is 8.79. The smallest absolute Gasteiger partial charge is 0.225 e. The maximum Gasteiger partial charge on any atom is 0.225 e. The molecule has 0 aromatic rings. The molecule has 0 aromatic heterocycles. The number of nitrogens with zero attached hydrogens (tertiary/aromatic N) is 3. The molecule has 6 heteroatoms. The summed E-state index contributed by atoms with van der Waals surface area (Å²) in [6.07, 6.45) is 0. The summed E-state index contributed by atoms with van der Waals surface area (Å²) in [5.74, 6) is 0. The second kappa shape index (κ2) is 5.22. The summed E-state index contributed by atoms with van der Waals surface area (Å²) in [4.78, 5) is 0. The van der Waals surface area contributed by atoms with Gasteiger partial charge in [-0.1, -0.05) is 0 Å². The number of hydrogen-bond donors (Lipinski definition) is 0. The second-order valence-electron chi connectivity index (χ2n) is 6.91. The van der Waals surface area contributed by atoms with Gasteiger partial charge in [0.25, 0.3) is 0 Å². The van der Waals surface area contributed by atoms with E-state index >= 15 is 0 Å². The van der Waals surface area contributed by atoms with Crippen LogP contribution in [0.4, 0.5) is 0 Å². The Hall–Kier alpha value is -0.170. The molecular weight excluding hydrogens is 238 g/mol. The zero-order chi connectivity index (χ0) is 14.1. The Bertz CT molecular complexity index is 321. The Kier molecular flexibility index (Phi) is 5.17. The van der Waals surface area contributed by atoms with E-state index in [2.05, 4.69) is 0 Å². The van der Waals surface area contributed by atoms with Crippen LogP contribution in [0.3, 0.4) is 0 Å². The van der Waals surface area contributed by atoms with Crippen LogP contribution in [-0.2, 0) is 10.0 Å². The predicted molar refractivity (Wildman–Crippen MR) is 71.7 cm³/mol. The molecule has 0 aromatic carbocycles. The minimum Gasteiger partial charge on any atom is -0.317 e. The van der Waals surface area contributed by atoms with Crippen LogP contribution in [0.2, 0.25) is 0 Å². The lowest BCUT2D eigenvalue weighted by molar-refractivity contribution is -0.905. The molecule has 0 saturated heterocycles. The van der Waals surface area contributed by atoms with Crippen molar-refractivity contribution in [1.82, 2.24) is 4.31 Å². The van der Waals surface area contributed by atoms with Crippen molar-refractivity contribution in [2.24, 2.45) is 0 Å². The van der Waals surface area contributed by atoms with Gasteiger partial charge in [-0.25, -0.2) is 8.42 Å². The van der Waals surface area contributed by atoms with Gasteiger partial charge in [0.2, 0.25) is 10.0 Å². The van der Waals surface area contributed by atoms with Gasteiger partial charge in [-0.15, -0.1) is 4.31 Å². The quantitative estimate of drug-likeness (QED) is 0.514. The standard InChI is InChI=1S/C11H29N3O2S/c1-11(2)17(15,16)12(9-13(3,4)5)10-14(6,7)8/h11H,9-10H2,1-8H3/q+2. The van der Waals surface area contributed by atoms with Crippen LogP contribution in [0.25, 0.3) is 0 Å². The monoisotopic (exact) mass is 267 g/mol. The fourth-order valence-corrected chi connectivity index (χ4v) is 3.06. The number of sulfonamides is 1. The van der Waals surface area contributed by atoms with Crippen molar-refractivity contribution in [2.75, 3.05) is 55.6 Å². The zero-order valence-electron chi connectivity index (χ0n) is 12.6. The third-order valence-corrected chi connectivity index (χ3v) is 4.26. The van der Waals surface area contributed by atoms with E-state index in [0.717, 1.165) is 0 Å². The van der Waals surface area contributed by atoms with Crippen LogP contribution in [0, 0.1) is 0 Å². The van der Waals surface area contributed by atoms with Gasteiger partial charge < -0.3 is 8.97 Å². The number of quaternary nitrogens is 2. The fourth-order valence-electron chi connectivity index (χ4n) is 1.45. The van der Waals surface area contributed by atoms with Crippen molar-refractivity contribution in [3.8, 4) is 0 Å². The summed E-state index contributed by atoms with van der Waals surface area (Å²) in [5, 5.41) is -0.374. The maximum atomic E-state index is 12.3. The molecule has 0 N–H and O–H groups in total. The zero-order valence-corrected chi connectivity index (χ0v) is 13.4. The average molecular weight is 267 g/mol. The van der Waals surface area contributed by atoms with E-state index in [4.69, 9.17) is 0 Å². The van der Waals surface area contributed by atoms with Crippen LogP contribution in [0.15, 0.2) is 0 Å². The molecule has 0 rings (SSSR count). The van der Waals surface area contributed by atoms with Gasteiger partial charge in [0.1, 0.15) is 0 Å². The molecule has 0 aliphatic heterocycles. The SMILES string of the molecule is CC(C)S(=O)(=O)N(C[N+](C)(C)C)C[N+](C)(C)C. The van der Waals surface area contributed by atoms with Gasteiger partial charge in [0, 0.05) is 0 Å². The minimum atomic E-state index is -3.20. The minimum absolute atomic E-state index is 0.374. The third kappa shape index (κ3) is 6.35. The molecule has 0 atom stereocenters. The van der Waals surface area contributed by atoms with Crippen molar-refractivity contribution >= 4 is 10.0 Å². The van der Waals surface area contributed by atoms with Crippen molar-refractivity contribution in [3.63, 3.8) is 0 Å². The molecular formula is C11H29N3O2S+2. The van der Waals surface area contributed by atoms with Gasteiger partial charge in [-0.05, 0) is 13.8 Å². The largest absolute Gasteiger partial charge is 0.317 e. The third-order valence-electron chi connectivity index (χ3n) is 2.12. The summed E-state index contributed by atoms with van der Waals surface area (Å²) >= 11 is 0. The van der Waals surface area contributed by atoms with Crippen molar-refractivity contribution < 1.29 is 17.4 Å². The van der Waals surface area contributed by atoms with Crippen molar-refractivity contribution in [1.29, 1.82) is 0 Å². The molecule has 0 bridgehead atoms. The summed E-state index contributed by atoms with van der Waals surface area (Å²) < 4.78 is 27.4. The van der Waals surface area contributed by atoms with E-state index in [0.29, 0.717) is 22.3 Å². The number of hydrogen-bond acceptors (Lipinski definition) is 2. The molecule has 104 valence electrons. The lowest BCUT2D eigenvalue weighted by Crippen LogP contribution is -2.55. The number of rotatable bonds is 6. The fraction of sp³-hybridized carbons (Fsp3) is 1.00. The Balaban J connectivity index is 5.14. The van der Waals surface area contributed by atoms with E-state index in [1.165, 1.54) is 0 Å². The topological polar surface area (TPSA) is 37.4 Å². The molecule has 0 saturated carbocycles. The van der Waals surface area contributed by atoms with Gasteiger partial charge in [-0.3, -0.25) is 0 Å². The van der Waals surface area contributed by atoms with Crippen LogP contribution < -0.4 is 0 Å². The summed E-state index contributed by atoms with van der Waals surface area (Å²) in [6.45, 7) is 4.45. The van der Waals surface area contributed by atoms with E-state index in [1.54, 1.807) is 18.2 Å². The highest BCUT2D eigenvalue weighted by molar-refractivity contribution is 7.89. The van der Waals surface area contributed by atoms with Crippen LogP contribution in [0.5, 0.6) is 0 Å². The maximum absolute atomic E-state index is 12.3. The van der Waals surface area contributed by atoms with Crippen LogP contribution in [0.1, 0.15) is 13.8 Å².